The molecule has 0 N–H and O–H groups in total. The van der Waals surface area contributed by atoms with E-state index in [1.54, 1.807) is 36.1 Å². The Morgan fingerprint density at radius 1 is 1.03 bits per heavy atom. The fourth-order valence-electron chi connectivity index (χ4n) is 3.55. The second-order valence-corrected chi connectivity index (χ2v) is 10.0. The van der Waals surface area contributed by atoms with Crippen LogP contribution in [0.15, 0.2) is 47.4 Å². The van der Waals surface area contributed by atoms with Gasteiger partial charge in [0.1, 0.15) is 5.82 Å². The SMILES string of the molecule is Cc1nc2ccc(Cl)cc2cc1C(=O)N1CCN(S(=O)(=O)c2ccc(F)c(Cl)c2)CC1. The quantitative estimate of drug-likeness (QED) is 0.563. The number of rotatable bonds is 3. The van der Waals surface area contributed by atoms with E-state index in [1.165, 1.54) is 10.4 Å². The lowest BCUT2D eigenvalue weighted by atomic mass is 10.1. The highest BCUT2D eigenvalue weighted by atomic mass is 35.5. The van der Waals surface area contributed by atoms with Crippen LogP contribution in [0.5, 0.6) is 0 Å². The number of amides is 1. The van der Waals surface area contributed by atoms with Crippen LogP contribution in [0.1, 0.15) is 16.1 Å². The zero-order valence-electron chi connectivity index (χ0n) is 16.5. The Kier molecular flexibility index (Phi) is 5.91. The normalized spacial score (nSPS) is 15.4. The summed E-state index contributed by atoms with van der Waals surface area (Å²) in [4.78, 5) is 19.1. The summed E-state index contributed by atoms with van der Waals surface area (Å²) in [6.45, 7) is 2.45. The molecule has 1 aromatic heterocycles. The highest BCUT2D eigenvalue weighted by Gasteiger charge is 2.31. The molecule has 1 saturated heterocycles. The molecule has 31 heavy (non-hydrogen) atoms. The van der Waals surface area contributed by atoms with E-state index in [0.717, 1.165) is 23.0 Å². The van der Waals surface area contributed by atoms with E-state index in [1.807, 2.05) is 0 Å². The Morgan fingerprint density at radius 3 is 2.42 bits per heavy atom. The summed E-state index contributed by atoms with van der Waals surface area (Å²) in [5.41, 5.74) is 1.79. The minimum atomic E-state index is -3.84. The van der Waals surface area contributed by atoms with Crippen LogP contribution in [-0.2, 0) is 10.0 Å². The minimum absolute atomic E-state index is 0.0786. The van der Waals surface area contributed by atoms with Gasteiger partial charge in [0.15, 0.2) is 0 Å². The summed E-state index contributed by atoms with van der Waals surface area (Å²) in [6, 6.07) is 10.4. The molecule has 0 saturated carbocycles. The molecule has 4 rings (SSSR count). The van der Waals surface area contributed by atoms with Crippen LogP contribution in [0.25, 0.3) is 10.9 Å². The summed E-state index contributed by atoms with van der Waals surface area (Å²) < 4.78 is 40.4. The maximum Gasteiger partial charge on any atom is 0.255 e. The highest BCUT2D eigenvalue weighted by molar-refractivity contribution is 7.89. The number of pyridine rings is 1. The first-order chi connectivity index (χ1) is 14.7. The Morgan fingerprint density at radius 2 is 1.74 bits per heavy atom. The second-order valence-electron chi connectivity index (χ2n) is 7.23. The van der Waals surface area contributed by atoms with Gasteiger partial charge in [0.2, 0.25) is 10.0 Å². The van der Waals surface area contributed by atoms with E-state index in [2.05, 4.69) is 4.98 Å². The maximum atomic E-state index is 13.4. The Hall–Kier alpha value is -2.26. The number of sulfonamides is 1. The fourth-order valence-corrected chi connectivity index (χ4v) is 5.42. The number of carbonyl (C=O) groups is 1. The molecular weight excluding hydrogens is 464 g/mol. The predicted octanol–water partition coefficient (Wildman–Crippen LogP) is 4.14. The standard InChI is InChI=1S/C21H18Cl2FN3O3S/c1-13-17(11-14-10-15(22)2-5-20(14)25-13)21(28)26-6-8-27(9-7-26)31(29,30)16-3-4-19(24)18(23)12-16/h2-5,10-12H,6-9H2,1H3. The maximum absolute atomic E-state index is 13.4. The summed E-state index contributed by atoms with van der Waals surface area (Å²) in [7, 11) is -3.84. The van der Waals surface area contributed by atoms with E-state index in [4.69, 9.17) is 23.2 Å². The topological polar surface area (TPSA) is 70.6 Å². The van der Waals surface area contributed by atoms with Gasteiger partial charge in [-0.3, -0.25) is 9.78 Å². The van der Waals surface area contributed by atoms with Crippen LogP contribution in [-0.4, -0.2) is 54.7 Å². The van der Waals surface area contributed by atoms with Gasteiger partial charge in [0.25, 0.3) is 5.91 Å². The predicted molar refractivity (Wildman–Crippen MR) is 118 cm³/mol. The first kappa shape index (κ1) is 22.0. The number of nitrogens with zero attached hydrogens (tertiary/aromatic N) is 3. The second kappa shape index (κ2) is 8.35. The van der Waals surface area contributed by atoms with Gasteiger partial charge in [0, 0.05) is 36.6 Å². The number of carbonyl (C=O) groups excluding carboxylic acids is 1. The average molecular weight is 482 g/mol. The molecule has 6 nitrogen and oxygen atoms in total. The molecule has 2 heterocycles. The molecule has 1 fully saturated rings. The molecule has 0 atom stereocenters. The van der Waals surface area contributed by atoms with Crippen LogP contribution in [0, 0.1) is 12.7 Å². The van der Waals surface area contributed by atoms with Crippen molar-refractivity contribution < 1.29 is 17.6 Å². The largest absolute Gasteiger partial charge is 0.336 e. The molecule has 0 aliphatic carbocycles. The van der Waals surface area contributed by atoms with Crippen LogP contribution in [0.4, 0.5) is 4.39 Å². The molecule has 0 bridgehead atoms. The number of hydrogen-bond donors (Lipinski definition) is 0. The number of piperazine rings is 1. The van der Waals surface area contributed by atoms with E-state index in [9.17, 15) is 17.6 Å². The van der Waals surface area contributed by atoms with Gasteiger partial charge in [-0.2, -0.15) is 4.31 Å². The molecule has 0 radical (unpaired) electrons. The van der Waals surface area contributed by atoms with Crippen molar-refractivity contribution in [1.82, 2.24) is 14.2 Å². The average Bonchev–Trinajstić information content (AvgIpc) is 2.75. The van der Waals surface area contributed by atoms with Gasteiger partial charge in [-0.05, 0) is 49.4 Å². The van der Waals surface area contributed by atoms with Crippen molar-refractivity contribution in [2.75, 3.05) is 26.2 Å². The van der Waals surface area contributed by atoms with Gasteiger partial charge in [0.05, 0.1) is 26.7 Å². The van der Waals surface area contributed by atoms with E-state index in [-0.39, 0.29) is 42.0 Å². The molecular formula is C21H18Cl2FN3O3S. The third-order valence-corrected chi connectivity index (χ3v) is 7.67. The Bertz CT molecular complexity index is 1290. The first-order valence-corrected chi connectivity index (χ1v) is 11.7. The van der Waals surface area contributed by atoms with Crippen molar-refractivity contribution in [3.05, 3.63) is 69.6 Å². The molecule has 2 aromatic carbocycles. The molecule has 0 unspecified atom stereocenters. The molecule has 162 valence electrons. The van der Waals surface area contributed by atoms with Crippen LogP contribution in [0.3, 0.4) is 0 Å². The summed E-state index contributed by atoms with van der Waals surface area (Å²) in [5.74, 6) is -0.898. The summed E-state index contributed by atoms with van der Waals surface area (Å²) >= 11 is 11.8. The Labute approximate surface area is 189 Å². The molecule has 3 aromatic rings. The Balaban J connectivity index is 1.52. The highest BCUT2D eigenvalue weighted by Crippen LogP contribution is 2.25. The van der Waals surface area contributed by atoms with Crippen molar-refractivity contribution in [1.29, 1.82) is 0 Å². The molecule has 1 aliphatic rings. The van der Waals surface area contributed by atoms with E-state index >= 15 is 0 Å². The number of hydrogen-bond acceptors (Lipinski definition) is 4. The number of aromatic nitrogens is 1. The zero-order valence-corrected chi connectivity index (χ0v) is 18.8. The van der Waals surface area contributed by atoms with Crippen molar-refractivity contribution >= 4 is 50.0 Å². The van der Waals surface area contributed by atoms with Gasteiger partial charge in [-0.25, -0.2) is 12.8 Å². The number of aryl methyl sites for hydroxylation is 1. The van der Waals surface area contributed by atoms with Crippen LogP contribution < -0.4 is 0 Å². The van der Waals surface area contributed by atoms with Gasteiger partial charge >= 0.3 is 0 Å². The van der Waals surface area contributed by atoms with Crippen LogP contribution >= 0.6 is 23.2 Å². The van der Waals surface area contributed by atoms with Gasteiger partial charge in [-0.1, -0.05) is 23.2 Å². The van der Waals surface area contributed by atoms with Crippen molar-refractivity contribution in [3.8, 4) is 0 Å². The lowest BCUT2D eigenvalue weighted by Gasteiger charge is -2.34. The zero-order chi connectivity index (χ0) is 22.3. The lowest BCUT2D eigenvalue weighted by molar-refractivity contribution is 0.0697. The van der Waals surface area contributed by atoms with Crippen molar-refractivity contribution in [2.45, 2.75) is 11.8 Å². The van der Waals surface area contributed by atoms with Crippen molar-refractivity contribution in [2.24, 2.45) is 0 Å². The molecule has 10 heteroatoms. The summed E-state index contributed by atoms with van der Waals surface area (Å²) in [5, 5.41) is 1.06. The number of benzene rings is 2. The van der Waals surface area contributed by atoms with Crippen LogP contribution in [0.2, 0.25) is 10.0 Å². The lowest BCUT2D eigenvalue weighted by Crippen LogP contribution is -2.50. The minimum Gasteiger partial charge on any atom is -0.336 e. The van der Waals surface area contributed by atoms with Crippen molar-refractivity contribution in [3.63, 3.8) is 0 Å². The third-order valence-electron chi connectivity index (χ3n) is 5.25. The molecule has 0 spiro atoms. The first-order valence-electron chi connectivity index (χ1n) is 9.48. The van der Waals surface area contributed by atoms with Gasteiger partial charge < -0.3 is 4.90 Å². The molecule has 1 amide bonds. The fraction of sp³-hybridized carbons (Fsp3) is 0.238. The number of fused-ring (bicyclic) bond motifs is 1. The van der Waals surface area contributed by atoms with E-state index < -0.39 is 15.8 Å². The molecule has 1 aliphatic heterocycles. The third kappa shape index (κ3) is 4.25. The van der Waals surface area contributed by atoms with E-state index in [0.29, 0.717) is 16.3 Å². The smallest absolute Gasteiger partial charge is 0.255 e. The number of halogens is 3. The monoisotopic (exact) mass is 481 g/mol. The van der Waals surface area contributed by atoms with Gasteiger partial charge in [-0.15, -0.1) is 0 Å². The summed E-state index contributed by atoms with van der Waals surface area (Å²) in [6.07, 6.45) is 0.